The quantitative estimate of drug-likeness (QED) is 0.623. The summed E-state index contributed by atoms with van der Waals surface area (Å²) in [5.41, 5.74) is 0.650. The number of terminal acetylenes is 1. The van der Waals surface area contributed by atoms with E-state index < -0.39 is 16.1 Å². The number of aromatic nitrogens is 3. The number of nitrogens with one attached hydrogen (secondary N) is 2. The second-order valence-electron chi connectivity index (χ2n) is 5.84. The van der Waals surface area contributed by atoms with Crippen molar-refractivity contribution in [2.75, 3.05) is 38.0 Å². The standard InChI is InChI=1S/C17H20N6O5S/c1-6-9-28-12-8-7-11(2)10-13(12)29(25,26)22-16(24)19-14-18-15(23(3)4)21-17(20-14)27-5/h1,7-8,10H,9H2,2-5H3,(H2,18,19,20,21,22,24). The number of methoxy groups -OCH3 is 1. The molecule has 154 valence electrons. The molecule has 0 aliphatic heterocycles. The molecule has 0 aliphatic carbocycles. The molecule has 0 saturated carbocycles. The number of amides is 2. The van der Waals surface area contributed by atoms with Gasteiger partial charge in [0.05, 0.1) is 7.11 Å². The minimum Gasteiger partial charge on any atom is -0.480 e. The Morgan fingerprint density at radius 2 is 2.00 bits per heavy atom. The van der Waals surface area contributed by atoms with Crippen molar-refractivity contribution in [3.8, 4) is 24.1 Å². The Bertz CT molecular complexity index is 1050. The summed E-state index contributed by atoms with van der Waals surface area (Å²) in [6.45, 7) is 1.57. The SMILES string of the molecule is C#CCOc1ccc(C)cc1S(=O)(=O)NC(=O)Nc1nc(OC)nc(N(C)C)n1. The van der Waals surface area contributed by atoms with Crippen molar-refractivity contribution in [2.45, 2.75) is 11.8 Å². The van der Waals surface area contributed by atoms with Crippen LogP contribution in [0.1, 0.15) is 5.56 Å². The summed E-state index contributed by atoms with van der Waals surface area (Å²) in [7, 11) is 0.430. The number of rotatable bonds is 7. The van der Waals surface area contributed by atoms with E-state index in [9.17, 15) is 13.2 Å². The number of anilines is 2. The number of carbonyl (C=O) groups is 1. The highest BCUT2D eigenvalue weighted by molar-refractivity contribution is 7.90. The van der Waals surface area contributed by atoms with Crippen molar-refractivity contribution in [1.82, 2.24) is 19.7 Å². The third-order valence-electron chi connectivity index (χ3n) is 3.34. The van der Waals surface area contributed by atoms with E-state index in [1.165, 1.54) is 19.2 Å². The highest BCUT2D eigenvalue weighted by atomic mass is 32.2. The van der Waals surface area contributed by atoms with Crippen LogP contribution in [0.15, 0.2) is 23.1 Å². The molecule has 0 radical (unpaired) electrons. The van der Waals surface area contributed by atoms with E-state index in [0.29, 0.717) is 5.56 Å². The minimum absolute atomic E-state index is 0.0191. The van der Waals surface area contributed by atoms with E-state index in [2.05, 4.69) is 26.2 Å². The van der Waals surface area contributed by atoms with Crippen LogP contribution in [-0.4, -0.2) is 57.2 Å². The summed E-state index contributed by atoms with van der Waals surface area (Å²) < 4.78 is 37.5. The molecule has 0 aliphatic rings. The summed E-state index contributed by atoms with van der Waals surface area (Å²) in [6.07, 6.45) is 5.15. The van der Waals surface area contributed by atoms with Crippen molar-refractivity contribution in [1.29, 1.82) is 0 Å². The molecule has 2 rings (SSSR count). The first-order valence-corrected chi connectivity index (χ1v) is 9.62. The zero-order chi connectivity index (χ0) is 21.6. The maximum Gasteiger partial charge on any atom is 0.335 e. The van der Waals surface area contributed by atoms with Gasteiger partial charge < -0.3 is 14.4 Å². The lowest BCUT2D eigenvalue weighted by Crippen LogP contribution is -2.35. The molecule has 11 nitrogen and oxygen atoms in total. The fourth-order valence-corrected chi connectivity index (χ4v) is 3.20. The third kappa shape index (κ3) is 5.69. The zero-order valence-corrected chi connectivity index (χ0v) is 17.1. The molecule has 0 fully saturated rings. The zero-order valence-electron chi connectivity index (χ0n) is 16.3. The van der Waals surface area contributed by atoms with E-state index in [-0.39, 0.29) is 35.2 Å². The average molecular weight is 420 g/mol. The first kappa shape index (κ1) is 21.7. The molecule has 2 N–H and O–H groups in total. The van der Waals surface area contributed by atoms with Crippen LogP contribution < -0.4 is 24.4 Å². The highest BCUT2D eigenvalue weighted by Gasteiger charge is 2.23. The largest absolute Gasteiger partial charge is 0.480 e. The fourth-order valence-electron chi connectivity index (χ4n) is 2.06. The molecule has 0 bridgehead atoms. The average Bonchev–Trinajstić information content (AvgIpc) is 2.66. The van der Waals surface area contributed by atoms with Gasteiger partial charge in [-0.2, -0.15) is 15.0 Å². The van der Waals surface area contributed by atoms with Crippen molar-refractivity contribution in [3.63, 3.8) is 0 Å². The Balaban J connectivity index is 2.26. The molecule has 2 aromatic rings. The lowest BCUT2D eigenvalue weighted by molar-refractivity contribution is 0.256. The Kier molecular flexibility index (Phi) is 6.79. The van der Waals surface area contributed by atoms with Crippen molar-refractivity contribution in [3.05, 3.63) is 23.8 Å². The lowest BCUT2D eigenvalue weighted by atomic mass is 10.2. The van der Waals surface area contributed by atoms with Gasteiger partial charge in [-0.3, -0.25) is 5.32 Å². The molecular formula is C17H20N6O5S. The van der Waals surface area contributed by atoms with Crippen LogP contribution in [0, 0.1) is 19.3 Å². The Morgan fingerprint density at radius 3 is 2.62 bits per heavy atom. The first-order chi connectivity index (χ1) is 13.7. The molecule has 0 atom stereocenters. The number of ether oxygens (including phenoxy) is 2. The predicted molar refractivity (Wildman–Crippen MR) is 106 cm³/mol. The smallest absolute Gasteiger partial charge is 0.335 e. The van der Waals surface area contributed by atoms with Crippen LogP contribution in [-0.2, 0) is 10.0 Å². The second-order valence-corrected chi connectivity index (χ2v) is 7.49. The van der Waals surface area contributed by atoms with E-state index >= 15 is 0 Å². The number of hydrogen-bond acceptors (Lipinski definition) is 9. The molecule has 12 heteroatoms. The molecule has 1 aromatic carbocycles. The van der Waals surface area contributed by atoms with Crippen LogP contribution >= 0.6 is 0 Å². The van der Waals surface area contributed by atoms with Crippen LogP contribution in [0.2, 0.25) is 0 Å². The number of benzene rings is 1. The van der Waals surface area contributed by atoms with Crippen LogP contribution in [0.3, 0.4) is 0 Å². The monoisotopic (exact) mass is 420 g/mol. The molecule has 0 unspecified atom stereocenters. The number of nitrogens with zero attached hydrogens (tertiary/aromatic N) is 4. The van der Waals surface area contributed by atoms with Gasteiger partial charge in [0.1, 0.15) is 17.3 Å². The van der Waals surface area contributed by atoms with Gasteiger partial charge in [0, 0.05) is 14.1 Å². The van der Waals surface area contributed by atoms with Crippen LogP contribution in [0.25, 0.3) is 0 Å². The van der Waals surface area contributed by atoms with Gasteiger partial charge in [-0.05, 0) is 24.6 Å². The highest BCUT2D eigenvalue weighted by Crippen LogP contribution is 2.25. The van der Waals surface area contributed by atoms with Gasteiger partial charge in [0.25, 0.3) is 10.0 Å². The summed E-state index contributed by atoms with van der Waals surface area (Å²) in [5, 5.41) is 2.24. The van der Waals surface area contributed by atoms with E-state index in [4.69, 9.17) is 15.9 Å². The summed E-state index contributed by atoms with van der Waals surface area (Å²) in [6, 6.07) is 3.35. The number of urea groups is 1. The lowest BCUT2D eigenvalue weighted by Gasteiger charge is -2.14. The Labute approximate surface area is 168 Å². The van der Waals surface area contributed by atoms with Crippen LogP contribution in [0.5, 0.6) is 11.8 Å². The molecule has 0 spiro atoms. The van der Waals surface area contributed by atoms with Crippen molar-refractivity contribution < 1.29 is 22.7 Å². The molecule has 2 amide bonds. The number of aryl methyl sites for hydroxylation is 1. The van der Waals surface area contributed by atoms with Gasteiger partial charge >= 0.3 is 12.0 Å². The summed E-state index contributed by atoms with van der Waals surface area (Å²) in [5.74, 6) is 2.29. The topological polar surface area (TPSA) is 136 Å². The Morgan fingerprint density at radius 1 is 1.28 bits per heavy atom. The molecule has 1 aromatic heterocycles. The van der Waals surface area contributed by atoms with Gasteiger partial charge in [-0.1, -0.05) is 12.0 Å². The van der Waals surface area contributed by atoms with E-state index in [1.807, 2.05) is 4.72 Å². The first-order valence-electron chi connectivity index (χ1n) is 8.14. The molecule has 29 heavy (non-hydrogen) atoms. The van der Waals surface area contributed by atoms with Crippen molar-refractivity contribution >= 4 is 28.0 Å². The second kappa shape index (κ2) is 9.07. The minimum atomic E-state index is -4.27. The fraction of sp³-hybridized carbons (Fsp3) is 0.294. The van der Waals surface area contributed by atoms with Gasteiger partial charge in [-0.15, -0.1) is 6.42 Å². The maximum atomic E-state index is 12.7. The Hall–Kier alpha value is -3.59. The normalized spacial score (nSPS) is 10.6. The predicted octanol–water partition coefficient (Wildman–Crippen LogP) is 0.777. The van der Waals surface area contributed by atoms with E-state index in [1.54, 1.807) is 32.0 Å². The molecule has 0 saturated heterocycles. The van der Waals surface area contributed by atoms with Crippen molar-refractivity contribution in [2.24, 2.45) is 0 Å². The van der Waals surface area contributed by atoms with Crippen LogP contribution in [0.4, 0.5) is 16.7 Å². The van der Waals surface area contributed by atoms with E-state index in [0.717, 1.165) is 0 Å². The number of hydrogen-bond donors (Lipinski definition) is 2. The number of carbonyl (C=O) groups excluding carboxylic acids is 1. The third-order valence-corrected chi connectivity index (χ3v) is 4.69. The molecular weight excluding hydrogens is 400 g/mol. The van der Waals surface area contributed by atoms with Gasteiger partial charge in [-0.25, -0.2) is 17.9 Å². The summed E-state index contributed by atoms with van der Waals surface area (Å²) >= 11 is 0. The maximum absolute atomic E-state index is 12.7. The molecule has 1 heterocycles. The van der Waals surface area contributed by atoms with Gasteiger partial charge in [0.2, 0.25) is 11.9 Å². The number of sulfonamides is 1. The summed E-state index contributed by atoms with van der Waals surface area (Å²) in [4.78, 5) is 25.5. The van der Waals surface area contributed by atoms with Gasteiger partial charge in [0.15, 0.2) is 0 Å².